The molecule has 0 aromatic carbocycles. The van der Waals surface area contributed by atoms with Crippen LogP contribution in [0.3, 0.4) is 0 Å². The van der Waals surface area contributed by atoms with Crippen LogP contribution in [-0.4, -0.2) is 29.8 Å². The molecule has 2 rings (SSSR count). The van der Waals surface area contributed by atoms with Gasteiger partial charge < -0.3 is 5.73 Å². The zero-order valence-corrected chi connectivity index (χ0v) is 11.5. The minimum atomic E-state index is -3.51. The Balaban J connectivity index is 2.38. The van der Waals surface area contributed by atoms with Gasteiger partial charge in [-0.1, -0.05) is 6.42 Å². The molecule has 0 bridgehead atoms. The fraction of sp³-hybridized carbons (Fsp3) is 0.583. The van der Waals surface area contributed by atoms with Gasteiger partial charge in [-0.3, -0.25) is 0 Å². The van der Waals surface area contributed by atoms with Crippen molar-refractivity contribution in [3.05, 3.63) is 18.3 Å². The van der Waals surface area contributed by atoms with Crippen LogP contribution in [0.4, 0.5) is 5.69 Å². The Kier molecular flexibility index (Phi) is 3.59. The van der Waals surface area contributed by atoms with E-state index < -0.39 is 10.0 Å². The maximum absolute atomic E-state index is 12.5. The molecule has 0 radical (unpaired) electrons. The Morgan fingerprint density at radius 2 is 1.89 bits per heavy atom. The average Bonchev–Trinajstić information content (AvgIpc) is 2.29. The number of nitrogens with two attached hydrogens (primary N) is 1. The van der Waals surface area contributed by atoms with Gasteiger partial charge in [0.1, 0.15) is 0 Å². The van der Waals surface area contributed by atoms with Crippen molar-refractivity contribution in [2.24, 2.45) is 0 Å². The average molecular weight is 269 g/mol. The second-order valence-corrected chi connectivity index (χ2v) is 6.68. The molecule has 2 unspecified atom stereocenters. The quantitative estimate of drug-likeness (QED) is 0.885. The van der Waals surface area contributed by atoms with Crippen LogP contribution in [0.25, 0.3) is 0 Å². The Morgan fingerprint density at radius 3 is 2.39 bits per heavy atom. The Hall–Kier alpha value is -1.14. The largest absolute Gasteiger partial charge is 0.397 e. The summed E-state index contributed by atoms with van der Waals surface area (Å²) in [6.45, 7) is 3.90. The molecule has 2 N–H and O–H groups in total. The Bertz CT molecular complexity index is 503. The second kappa shape index (κ2) is 4.85. The van der Waals surface area contributed by atoms with Crippen LogP contribution in [0.15, 0.2) is 23.4 Å². The summed E-state index contributed by atoms with van der Waals surface area (Å²) in [6.07, 6.45) is 4.26. The molecular weight excluding hydrogens is 250 g/mol. The highest BCUT2D eigenvalue weighted by molar-refractivity contribution is 7.89. The Morgan fingerprint density at radius 1 is 1.28 bits per heavy atom. The molecule has 1 aromatic rings. The summed E-state index contributed by atoms with van der Waals surface area (Å²) in [4.78, 5) is 3.94. The summed E-state index contributed by atoms with van der Waals surface area (Å²) in [5.74, 6) is 0. The molecule has 1 aliphatic heterocycles. The van der Waals surface area contributed by atoms with Gasteiger partial charge in [0, 0.05) is 12.1 Å². The highest BCUT2D eigenvalue weighted by Gasteiger charge is 2.36. The minimum Gasteiger partial charge on any atom is -0.397 e. The van der Waals surface area contributed by atoms with Gasteiger partial charge in [-0.25, -0.2) is 13.4 Å². The molecule has 0 saturated carbocycles. The van der Waals surface area contributed by atoms with Crippen molar-refractivity contribution in [3.8, 4) is 0 Å². The predicted molar refractivity (Wildman–Crippen MR) is 70.4 cm³/mol. The molecule has 0 aliphatic carbocycles. The van der Waals surface area contributed by atoms with E-state index in [0.29, 0.717) is 5.69 Å². The number of sulfonamides is 1. The SMILES string of the molecule is CC1CCCC(C)N1S(=O)(=O)c1ccc(N)cn1. The summed E-state index contributed by atoms with van der Waals surface area (Å²) in [5, 5.41) is 0.0808. The van der Waals surface area contributed by atoms with Crippen molar-refractivity contribution < 1.29 is 8.42 Å². The van der Waals surface area contributed by atoms with Gasteiger partial charge in [0.15, 0.2) is 5.03 Å². The zero-order valence-electron chi connectivity index (χ0n) is 10.7. The van der Waals surface area contributed by atoms with E-state index in [4.69, 9.17) is 5.73 Å². The first-order valence-electron chi connectivity index (χ1n) is 6.18. The van der Waals surface area contributed by atoms with Gasteiger partial charge in [-0.2, -0.15) is 4.31 Å². The molecule has 1 aromatic heterocycles. The highest BCUT2D eigenvalue weighted by Crippen LogP contribution is 2.28. The minimum absolute atomic E-state index is 0.0260. The van der Waals surface area contributed by atoms with Crippen LogP contribution in [0, 0.1) is 0 Å². The van der Waals surface area contributed by atoms with E-state index in [2.05, 4.69) is 4.98 Å². The predicted octanol–water partition coefficient (Wildman–Crippen LogP) is 1.62. The number of hydrogen-bond donors (Lipinski definition) is 1. The third-order valence-electron chi connectivity index (χ3n) is 3.41. The summed E-state index contributed by atoms with van der Waals surface area (Å²) in [7, 11) is -3.51. The fourth-order valence-corrected chi connectivity index (χ4v) is 4.32. The first-order valence-corrected chi connectivity index (χ1v) is 7.62. The molecule has 0 spiro atoms. The molecule has 100 valence electrons. The van der Waals surface area contributed by atoms with E-state index in [9.17, 15) is 8.42 Å². The molecule has 2 atom stereocenters. The van der Waals surface area contributed by atoms with Crippen molar-refractivity contribution in [2.45, 2.75) is 50.2 Å². The third kappa shape index (κ3) is 2.35. The van der Waals surface area contributed by atoms with Gasteiger partial charge in [0.05, 0.1) is 11.9 Å². The molecule has 0 amide bonds. The van der Waals surface area contributed by atoms with Crippen LogP contribution in [0.2, 0.25) is 0 Å². The molecule has 6 heteroatoms. The van der Waals surface area contributed by atoms with Gasteiger partial charge >= 0.3 is 0 Å². The number of hydrogen-bond acceptors (Lipinski definition) is 4. The number of rotatable bonds is 2. The second-order valence-electron chi connectivity index (χ2n) is 4.89. The topological polar surface area (TPSA) is 76.3 Å². The van der Waals surface area contributed by atoms with E-state index in [1.165, 1.54) is 12.3 Å². The van der Waals surface area contributed by atoms with E-state index in [0.717, 1.165) is 19.3 Å². The van der Waals surface area contributed by atoms with E-state index in [-0.39, 0.29) is 17.1 Å². The number of nitrogen functional groups attached to an aromatic ring is 1. The van der Waals surface area contributed by atoms with Crippen LogP contribution in [0.5, 0.6) is 0 Å². The first kappa shape index (κ1) is 13.3. The molecule has 1 saturated heterocycles. The van der Waals surface area contributed by atoms with Crippen molar-refractivity contribution in [1.82, 2.24) is 9.29 Å². The lowest BCUT2D eigenvalue weighted by Gasteiger charge is -2.37. The summed E-state index contributed by atoms with van der Waals surface area (Å²) >= 11 is 0. The van der Waals surface area contributed by atoms with E-state index >= 15 is 0 Å². The van der Waals surface area contributed by atoms with Gasteiger partial charge in [-0.05, 0) is 38.8 Å². The number of anilines is 1. The van der Waals surface area contributed by atoms with Gasteiger partial charge in [0.2, 0.25) is 0 Å². The lowest BCUT2D eigenvalue weighted by atomic mass is 10.0. The standard InChI is InChI=1S/C12H19N3O2S/c1-9-4-3-5-10(2)15(9)18(16,17)12-7-6-11(13)8-14-12/h6-10H,3-5,13H2,1-2H3. The molecular formula is C12H19N3O2S. The molecule has 5 nitrogen and oxygen atoms in total. The summed E-state index contributed by atoms with van der Waals surface area (Å²) in [6, 6.07) is 3.09. The molecule has 1 fully saturated rings. The summed E-state index contributed by atoms with van der Waals surface area (Å²) < 4.78 is 26.7. The number of nitrogens with zero attached hydrogens (tertiary/aromatic N) is 2. The smallest absolute Gasteiger partial charge is 0.261 e. The van der Waals surface area contributed by atoms with E-state index in [1.807, 2.05) is 13.8 Å². The van der Waals surface area contributed by atoms with Crippen LogP contribution in [-0.2, 0) is 10.0 Å². The van der Waals surface area contributed by atoms with Crippen molar-refractivity contribution >= 4 is 15.7 Å². The molecule has 18 heavy (non-hydrogen) atoms. The van der Waals surface area contributed by atoms with Crippen LogP contribution >= 0.6 is 0 Å². The first-order chi connectivity index (χ1) is 8.43. The molecule has 1 aliphatic rings. The van der Waals surface area contributed by atoms with E-state index in [1.54, 1.807) is 10.4 Å². The number of piperidine rings is 1. The Labute approximate surface area is 108 Å². The molecule has 2 heterocycles. The zero-order chi connectivity index (χ0) is 13.3. The maximum Gasteiger partial charge on any atom is 0.261 e. The summed E-state index contributed by atoms with van der Waals surface area (Å²) in [5.41, 5.74) is 6.00. The lowest BCUT2D eigenvalue weighted by Crippen LogP contribution is -2.47. The van der Waals surface area contributed by atoms with Crippen molar-refractivity contribution in [1.29, 1.82) is 0 Å². The maximum atomic E-state index is 12.5. The number of pyridine rings is 1. The van der Waals surface area contributed by atoms with Gasteiger partial charge in [0.25, 0.3) is 10.0 Å². The fourth-order valence-electron chi connectivity index (χ4n) is 2.52. The van der Waals surface area contributed by atoms with Crippen LogP contribution < -0.4 is 5.73 Å². The highest BCUT2D eigenvalue weighted by atomic mass is 32.2. The van der Waals surface area contributed by atoms with Crippen molar-refractivity contribution in [3.63, 3.8) is 0 Å². The van der Waals surface area contributed by atoms with Gasteiger partial charge in [-0.15, -0.1) is 0 Å². The lowest BCUT2D eigenvalue weighted by molar-refractivity contribution is 0.203. The van der Waals surface area contributed by atoms with Crippen LogP contribution in [0.1, 0.15) is 33.1 Å². The monoisotopic (exact) mass is 269 g/mol. The number of aromatic nitrogens is 1. The normalized spacial score (nSPS) is 26.1. The third-order valence-corrected chi connectivity index (χ3v) is 5.46. The van der Waals surface area contributed by atoms with Crippen molar-refractivity contribution in [2.75, 3.05) is 5.73 Å².